The molecule has 1 unspecified atom stereocenters. The molecule has 2 fully saturated rings. The highest BCUT2D eigenvalue weighted by Crippen LogP contribution is 2.43. The Morgan fingerprint density at radius 3 is 2.44 bits per heavy atom. The normalized spacial score (nSPS) is 20.2. The number of amides is 6. The Labute approximate surface area is 366 Å². The van der Waals surface area contributed by atoms with Crippen LogP contribution in [0.25, 0.3) is 0 Å². The molecule has 2 aromatic carbocycles. The third kappa shape index (κ3) is 10.2. The number of imide groups is 2. The summed E-state index contributed by atoms with van der Waals surface area (Å²) in [5, 5.41) is 19.6. The molecule has 7 rings (SSSR count). The molecule has 0 bridgehead atoms. The van der Waals surface area contributed by atoms with Crippen LogP contribution in [0.1, 0.15) is 127 Å². The monoisotopic (exact) mass is 870 g/mol. The summed E-state index contributed by atoms with van der Waals surface area (Å²) in [6.07, 6.45) is 7.46. The number of fused-ring (bicyclic) bond motifs is 2. The molecule has 4 aliphatic rings. The number of benzene rings is 2. The number of aromatic nitrogens is 2. The van der Waals surface area contributed by atoms with Gasteiger partial charge in [-0.3, -0.25) is 39.0 Å². The number of aliphatic hydroxyl groups is 1. The lowest BCUT2D eigenvalue weighted by Gasteiger charge is -2.38. The molecule has 17 heteroatoms. The molecule has 62 heavy (non-hydrogen) atoms. The molecule has 330 valence electrons. The van der Waals surface area contributed by atoms with Crippen molar-refractivity contribution in [3.8, 4) is 5.75 Å². The maximum Gasteiger partial charge on any atom is 0.266 e. The average Bonchev–Trinajstić information content (AvgIpc) is 3.71. The van der Waals surface area contributed by atoms with Crippen molar-refractivity contribution in [2.45, 2.75) is 95.1 Å². The van der Waals surface area contributed by atoms with Crippen LogP contribution < -0.4 is 25.6 Å². The van der Waals surface area contributed by atoms with Gasteiger partial charge in [-0.15, -0.1) is 0 Å². The van der Waals surface area contributed by atoms with E-state index in [0.717, 1.165) is 60.4 Å². The average molecular weight is 871 g/mol. The van der Waals surface area contributed by atoms with E-state index >= 15 is 0 Å². The first-order valence-electron chi connectivity index (χ1n) is 21.8. The van der Waals surface area contributed by atoms with Crippen LogP contribution in [-0.2, 0) is 19.2 Å². The summed E-state index contributed by atoms with van der Waals surface area (Å²) >= 11 is 6.18. The van der Waals surface area contributed by atoms with Gasteiger partial charge in [0.15, 0.2) is 0 Å². The van der Waals surface area contributed by atoms with Crippen molar-refractivity contribution in [1.82, 2.24) is 35.7 Å². The smallest absolute Gasteiger partial charge is 0.266 e. The standard InChI is InChI=1S/C45H55ClN8O8/c1-28-25-34(55)40-38(28)41(50-27-49-40)52-20-22-53(23-21-52)43(59)32(29-11-13-30(46)14-12-29)26-47-19-17-36(56)48-18-6-4-2-3-5-7-24-62-35-10-8-9-31-39(35)45(61)54(44(31)60)33-15-16-37(57)51-42(33)58/h8-14,27-28,32-34,47,55H,2-7,15-26H2,1H3,(H,48,56)(H,51,57,58)/t28-,32-,33?,34-/m1/s1. The lowest BCUT2D eigenvalue weighted by Crippen LogP contribution is -2.54. The molecule has 4 N–H and O–H groups in total. The molecule has 3 aromatic rings. The van der Waals surface area contributed by atoms with E-state index in [1.165, 1.54) is 6.33 Å². The molecule has 6 amide bonds. The van der Waals surface area contributed by atoms with Gasteiger partial charge in [0.1, 0.15) is 23.9 Å². The highest BCUT2D eigenvalue weighted by molar-refractivity contribution is 6.30. The van der Waals surface area contributed by atoms with Crippen molar-refractivity contribution in [3.63, 3.8) is 0 Å². The molecular weight excluding hydrogens is 816 g/mol. The van der Waals surface area contributed by atoms with Crippen molar-refractivity contribution in [2.24, 2.45) is 0 Å². The lowest BCUT2D eigenvalue weighted by atomic mass is 9.97. The highest BCUT2D eigenvalue weighted by Gasteiger charge is 2.46. The number of nitrogens with zero attached hydrogens (tertiary/aromatic N) is 5. The van der Waals surface area contributed by atoms with E-state index in [2.05, 4.69) is 37.7 Å². The molecule has 1 aromatic heterocycles. The van der Waals surface area contributed by atoms with Crippen molar-refractivity contribution in [1.29, 1.82) is 0 Å². The van der Waals surface area contributed by atoms with Crippen LogP contribution >= 0.6 is 11.6 Å². The zero-order valence-electron chi connectivity index (χ0n) is 35.1. The number of aliphatic hydroxyl groups excluding tert-OH is 1. The van der Waals surface area contributed by atoms with Gasteiger partial charge in [0.25, 0.3) is 11.8 Å². The van der Waals surface area contributed by atoms with Crippen LogP contribution in [-0.4, -0.2) is 119 Å². The fourth-order valence-electron chi connectivity index (χ4n) is 8.84. The van der Waals surface area contributed by atoms with Gasteiger partial charge >= 0.3 is 0 Å². The maximum atomic E-state index is 14.0. The number of piperidine rings is 1. The number of nitrogens with one attached hydrogen (secondary N) is 3. The molecule has 0 saturated carbocycles. The fraction of sp³-hybridized carbons (Fsp3) is 0.511. The number of rotatable bonds is 19. The Kier molecular flexibility index (Phi) is 14.8. The SMILES string of the molecule is C[C@@H]1C[C@@H](O)c2ncnc(N3CCN(C(=O)[C@H](CNCCC(=O)NCCCCCCCCOc4cccc5c4C(=O)N(C4CCC(=O)NC4=O)C5=O)c4ccc(Cl)cc4)CC3)c21. The zero-order valence-corrected chi connectivity index (χ0v) is 35.8. The first kappa shape index (κ1) is 44.6. The van der Waals surface area contributed by atoms with E-state index in [4.69, 9.17) is 16.3 Å². The van der Waals surface area contributed by atoms with Gasteiger partial charge in [0, 0.05) is 69.2 Å². The number of piperazine rings is 1. The fourth-order valence-corrected chi connectivity index (χ4v) is 8.97. The minimum absolute atomic E-state index is 0.0155. The predicted octanol–water partition coefficient (Wildman–Crippen LogP) is 4.02. The van der Waals surface area contributed by atoms with Crippen LogP contribution in [0.3, 0.4) is 0 Å². The molecule has 0 radical (unpaired) electrons. The molecule has 1 aliphatic carbocycles. The van der Waals surface area contributed by atoms with Gasteiger partial charge in [-0.05, 0) is 61.4 Å². The first-order valence-corrected chi connectivity index (χ1v) is 22.2. The number of unbranched alkanes of at least 4 members (excludes halogenated alkanes) is 5. The Morgan fingerprint density at radius 2 is 1.68 bits per heavy atom. The van der Waals surface area contributed by atoms with E-state index in [0.29, 0.717) is 75.3 Å². The molecule has 0 spiro atoms. The molecular formula is C45H55ClN8O8. The predicted molar refractivity (Wildman–Crippen MR) is 230 cm³/mol. The second-order valence-electron chi connectivity index (χ2n) is 16.5. The quantitative estimate of drug-likeness (QED) is 0.0998. The summed E-state index contributed by atoms with van der Waals surface area (Å²) in [6.45, 7) is 6.15. The van der Waals surface area contributed by atoms with Gasteiger partial charge in [0.05, 0.1) is 35.4 Å². The van der Waals surface area contributed by atoms with E-state index in [-0.39, 0.29) is 48.1 Å². The van der Waals surface area contributed by atoms with E-state index in [1.807, 2.05) is 17.0 Å². The zero-order chi connectivity index (χ0) is 43.8. The minimum atomic E-state index is -1.03. The van der Waals surface area contributed by atoms with Crippen LogP contribution in [0.15, 0.2) is 48.8 Å². The third-order valence-electron chi connectivity index (χ3n) is 12.2. The highest BCUT2D eigenvalue weighted by atomic mass is 35.5. The van der Waals surface area contributed by atoms with Crippen LogP contribution in [0, 0.1) is 0 Å². The molecule has 4 atom stereocenters. The number of ether oxygens (including phenoxy) is 1. The second-order valence-corrected chi connectivity index (χ2v) is 16.9. The first-order chi connectivity index (χ1) is 30.0. The molecule has 3 aliphatic heterocycles. The van der Waals surface area contributed by atoms with Crippen LogP contribution in [0.4, 0.5) is 5.82 Å². The van der Waals surface area contributed by atoms with E-state index in [9.17, 15) is 33.9 Å². The summed E-state index contributed by atoms with van der Waals surface area (Å²) in [6, 6.07) is 11.1. The summed E-state index contributed by atoms with van der Waals surface area (Å²) < 4.78 is 5.93. The minimum Gasteiger partial charge on any atom is -0.493 e. The number of halogens is 1. The summed E-state index contributed by atoms with van der Waals surface area (Å²) in [5.41, 5.74) is 2.91. The molecule has 4 heterocycles. The molecule has 2 saturated heterocycles. The number of carbonyl (C=O) groups excluding carboxylic acids is 6. The topological polar surface area (TPSA) is 203 Å². The Balaban J connectivity index is 0.766. The van der Waals surface area contributed by atoms with Crippen molar-refractivity contribution < 1.29 is 38.6 Å². The van der Waals surface area contributed by atoms with Crippen LogP contribution in [0.2, 0.25) is 5.02 Å². The second kappa shape index (κ2) is 20.6. The Hall–Kier alpha value is -5.45. The van der Waals surface area contributed by atoms with Gasteiger partial charge in [-0.25, -0.2) is 9.97 Å². The van der Waals surface area contributed by atoms with Gasteiger partial charge in [-0.1, -0.05) is 62.4 Å². The van der Waals surface area contributed by atoms with E-state index in [1.54, 1.807) is 30.3 Å². The van der Waals surface area contributed by atoms with Crippen molar-refractivity contribution >= 4 is 52.9 Å². The third-order valence-corrected chi connectivity index (χ3v) is 12.5. The Bertz CT molecular complexity index is 2150. The van der Waals surface area contributed by atoms with E-state index < -0.39 is 41.7 Å². The Morgan fingerprint density at radius 1 is 0.935 bits per heavy atom. The summed E-state index contributed by atoms with van der Waals surface area (Å²) in [7, 11) is 0. The lowest BCUT2D eigenvalue weighted by molar-refractivity contribution is -0.136. The van der Waals surface area contributed by atoms with Crippen molar-refractivity contribution in [2.75, 3.05) is 57.3 Å². The van der Waals surface area contributed by atoms with Gasteiger partial charge in [0.2, 0.25) is 23.6 Å². The maximum absolute atomic E-state index is 14.0. The summed E-state index contributed by atoms with van der Waals surface area (Å²) in [5.74, 6) is -1.39. The number of carbonyl (C=O) groups is 6. The van der Waals surface area contributed by atoms with Crippen molar-refractivity contribution in [3.05, 3.63) is 81.8 Å². The largest absolute Gasteiger partial charge is 0.493 e. The number of hydrogen-bond acceptors (Lipinski definition) is 12. The van der Waals surface area contributed by atoms with Crippen LogP contribution in [0.5, 0.6) is 5.75 Å². The molecule has 16 nitrogen and oxygen atoms in total. The van der Waals surface area contributed by atoms with Gasteiger partial charge in [-0.2, -0.15) is 0 Å². The number of hydrogen-bond donors (Lipinski definition) is 4. The number of anilines is 1. The van der Waals surface area contributed by atoms with Gasteiger partial charge < -0.3 is 30.3 Å². The summed E-state index contributed by atoms with van der Waals surface area (Å²) in [4.78, 5) is 90.8.